The molecule has 32 heavy (non-hydrogen) atoms. The third kappa shape index (κ3) is 4.80. The molecule has 0 radical (unpaired) electrons. The van der Waals surface area contributed by atoms with Gasteiger partial charge in [0, 0.05) is 18.7 Å². The van der Waals surface area contributed by atoms with Crippen LogP contribution >= 0.6 is 11.8 Å². The van der Waals surface area contributed by atoms with E-state index in [9.17, 15) is 14.4 Å². The van der Waals surface area contributed by atoms with Crippen LogP contribution in [0.2, 0.25) is 0 Å². The molecule has 0 bridgehead atoms. The van der Waals surface area contributed by atoms with E-state index in [0.717, 1.165) is 35.1 Å². The van der Waals surface area contributed by atoms with Gasteiger partial charge in [0.1, 0.15) is 13.2 Å². The number of ether oxygens (including phenoxy) is 2. The highest BCUT2D eigenvalue weighted by atomic mass is 32.2. The van der Waals surface area contributed by atoms with E-state index in [-0.39, 0.29) is 17.4 Å². The molecular weight excluding hydrogens is 428 g/mol. The Morgan fingerprint density at radius 2 is 1.81 bits per heavy atom. The van der Waals surface area contributed by atoms with Crippen molar-refractivity contribution in [2.45, 2.75) is 19.4 Å². The molecule has 2 aliphatic heterocycles. The van der Waals surface area contributed by atoms with Crippen LogP contribution in [0.5, 0.6) is 11.5 Å². The maximum absolute atomic E-state index is 12.9. The number of carbonyl (C=O) groups is 3. The topological polar surface area (TPSA) is 76.2 Å². The number of amides is 3. The zero-order valence-electron chi connectivity index (χ0n) is 17.8. The first-order valence-corrected chi connectivity index (χ1v) is 11.3. The van der Waals surface area contributed by atoms with Crippen LogP contribution in [0.4, 0.5) is 4.79 Å². The second-order valence-electron chi connectivity index (χ2n) is 7.51. The summed E-state index contributed by atoms with van der Waals surface area (Å²) in [6.07, 6.45) is 3.53. The number of hydrogen-bond donors (Lipinski definition) is 0. The van der Waals surface area contributed by atoms with Gasteiger partial charge in [0.05, 0.1) is 12.0 Å². The SMILES string of the molecule is COc1cccc(/C=C2\SC(=O)N(CC(=O)N3CCCC3)C2=O)c1OCc1ccccc1. The maximum Gasteiger partial charge on any atom is 0.294 e. The van der Waals surface area contributed by atoms with Gasteiger partial charge in [0.25, 0.3) is 11.1 Å². The molecule has 2 aromatic rings. The summed E-state index contributed by atoms with van der Waals surface area (Å²) in [5, 5.41) is -0.441. The Balaban J connectivity index is 1.54. The number of hydrogen-bond acceptors (Lipinski definition) is 6. The third-order valence-corrected chi connectivity index (χ3v) is 6.27. The summed E-state index contributed by atoms with van der Waals surface area (Å²) in [7, 11) is 1.55. The van der Waals surface area contributed by atoms with Crippen molar-refractivity contribution < 1.29 is 23.9 Å². The highest BCUT2D eigenvalue weighted by molar-refractivity contribution is 8.18. The van der Waals surface area contributed by atoms with Gasteiger partial charge in [0.15, 0.2) is 11.5 Å². The molecule has 4 rings (SSSR count). The molecule has 8 heteroatoms. The van der Waals surface area contributed by atoms with Gasteiger partial charge in [-0.05, 0) is 42.3 Å². The Morgan fingerprint density at radius 3 is 2.53 bits per heavy atom. The van der Waals surface area contributed by atoms with Crippen LogP contribution in [-0.4, -0.2) is 53.6 Å². The predicted octanol–water partition coefficient (Wildman–Crippen LogP) is 3.93. The Labute approximate surface area is 191 Å². The van der Waals surface area contributed by atoms with Crippen molar-refractivity contribution in [2.75, 3.05) is 26.7 Å². The normalized spacial score (nSPS) is 17.3. The fourth-order valence-corrected chi connectivity index (χ4v) is 4.50. The van der Waals surface area contributed by atoms with Gasteiger partial charge in [-0.2, -0.15) is 0 Å². The van der Waals surface area contributed by atoms with E-state index in [1.54, 1.807) is 36.3 Å². The summed E-state index contributed by atoms with van der Waals surface area (Å²) in [5.41, 5.74) is 1.61. The molecule has 2 aromatic carbocycles. The number of thioether (sulfide) groups is 1. The Morgan fingerprint density at radius 1 is 1.06 bits per heavy atom. The van der Waals surface area contributed by atoms with Crippen LogP contribution in [-0.2, 0) is 16.2 Å². The van der Waals surface area contributed by atoms with E-state index >= 15 is 0 Å². The average molecular weight is 453 g/mol. The van der Waals surface area contributed by atoms with E-state index in [0.29, 0.717) is 36.8 Å². The molecule has 3 amide bonds. The lowest BCUT2D eigenvalue weighted by molar-refractivity contribution is -0.135. The molecule has 0 spiro atoms. The molecule has 2 heterocycles. The van der Waals surface area contributed by atoms with Crippen molar-refractivity contribution in [1.29, 1.82) is 0 Å². The Hall–Kier alpha value is -3.26. The van der Waals surface area contributed by atoms with E-state index < -0.39 is 11.1 Å². The quantitative estimate of drug-likeness (QED) is 0.593. The van der Waals surface area contributed by atoms with Crippen molar-refractivity contribution in [3.63, 3.8) is 0 Å². The molecule has 2 saturated heterocycles. The minimum atomic E-state index is -0.468. The number of rotatable bonds is 7. The van der Waals surface area contributed by atoms with E-state index in [4.69, 9.17) is 9.47 Å². The second kappa shape index (κ2) is 9.91. The zero-order chi connectivity index (χ0) is 22.5. The molecule has 2 aliphatic rings. The molecule has 2 fully saturated rings. The zero-order valence-corrected chi connectivity index (χ0v) is 18.6. The third-order valence-electron chi connectivity index (χ3n) is 5.37. The molecule has 0 aromatic heterocycles. The van der Waals surface area contributed by atoms with E-state index in [1.165, 1.54) is 0 Å². The van der Waals surface area contributed by atoms with Crippen LogP contribution in [0.1, 0.15) is 24.0 Å². The van der Waals surface area contributed by atoms with Crippen molar-refractivity contribution in [1.82, 2.24) is 9.80 Å². The lowest BCUT2D eigenvalue weighted by Crippen LogP contribution is -2.40. The van der Waals surface area contributed by atoms with Gasteiger partial charge in [0.2, 0.25) is 5.91 Å². The number of imide groups is 1. The van der Waals surface area contributed by atoms with Gasteiger partial charge in [-0.1, -0.05) is 42.5 Å². The molecule has 0 unspecified atom stereocenters. The summed E-state index contributed by atoms with van der Waals surface area (Å²) < 4.78 is 11.5. The van der Waals surface area contributed by atoms with Gasteiger partial charge < -0.3 is 14.4 Å². The highest BCUT2D eigenvalue weighted by Gasteiger charge is 2.37. The lowest BCUT2D eigenvalue weighted by atomic mass is 10.1. The highest BCUT2D eigenvalue weighted by Crippen LogP contribution is 2.37. The number of methoxy groups -OCH3 is 1. The van der Waals surface area contributed by atoms with Crippen LogP contribution < -0.4 is 9.47 Å². The van der Waals surface area contributed by atoms with Gasteiger partial charge in [-0.25, -0.2) is 0 Å². The minimum absolute atomic E-state index is 0.195. The summed E-state index contributed by atoms with van der Waals surface area (Å²) in [6.45, 7) is 1.46. The van der Waals surface area contributed by atoms with Crippen LogP contribution in [0, 0.1) is 0 Å². The summed E-state index contributed by atoms with van der Waals surface area (Å²) in [4.78, 5) is 40.7. The number of likely N-dealkylation sites (tertiary alicyclic amines) is 1. The van der Waals surface area contributed by atoms with Gasteiger partial charge >= 0.3 is 0 Å². The largest absolute Gasteiger partial charge is 0.493 e. The maximum atomic E-state index is 12.9. The van der Waals surface area contributed by atoms with Crippen molar-refractivity contribution in [3.8, 4) is 11.5 Å². The number of para-hydroxylation sites is 1. The molecular formula is C24H24N2O5S. The van der Waals surface area contributed by atoms with Crippen molar-refractivity contribution in [2.24, 2.45) is 0 Å². The van der Waals surface area contributed by atoms with E-state index in [2.05, 4.69) is 0 Å². The van der Waals surface area contributed by atoms with Crippen LogP contribution in [0.25, 0.3) is 6.08 Å². The molecule has 0 saturated carbocycles. The first-order chi connectivity index (χ1) is 15.6. The predicted molar refractivity (Wildman–Crippen MR) is 122 cm³/mol. The summed E-state index contributed by atoms with van der Waals surface area (Å²) in [5.74, 6) is 0.348. The van der Waals surface area contributed by atoms with Gasteiger partial charge in [-0.15, -0.1) is 0 Å². The lowest BCUT2D eigenvalue weighted by Gasteiger charge is -2.18. The first kappa shape index (κ1) is 22.0. The fourth-order valence-electron chi connectivity index (χ4n) is 3.67. The summed E-state index contributed by atoms with van der Waals surface area (Å²) >= 11 is 0.829. The van der Waals surface area contributed by atoms with Crippen LogP contribution in [0.3, 0.4) is 0 Å². The monoisotopic (exact) mass is 452 g/mol. The summed E-state index contributed by atoms with van der Waals surface area (Å²) in [6, 6.07) is 15.1. The number of carbonyl (C=O) groups excluding carboxylic acids is 3. The number of benzene rings is 2. The fraction of sp³-hybridized carbons (Fsp3) is 0.292. The van der Waals surface area contributed by atoms with Gasteiger partial charge in [-0.3, -0.25) is 19.3 Å². The molecule has 166 valence electrons. The Kier molecular flexibility index (Phi) is 6.80. The second-order valence-corrected chi connectivity index (χ2v) is 8.50. The van der Waals surface area contributed by atoms with Crippen molar-refractivity contribution >= 4 is 34.9 Å². The molecule has 0 N–H and O–H groups in total. The molecule has 0 aliphatic carbocycles. The first-order valence-electron chi connectivity index (χ1n) is 10.4. The Bertz CT molecular complexity index is 1050. The van der Waals surface area contributed by atoms with Crippen LogP contribution in [0.15, 0.2) is 53.4 Å². The molecule has 0 atom stereocenters. The molecule has 7 nitrogen and oxygen atoms in total. The standard InChI is InChI=1S/C24H24N2O5S/c1-30-19-11-7-10-18(22(19)31-16-17-8-3-2-4-9-17)14-20-23(28)26(24(29)32-20)15-21(27)25-12-5-6-13-25/h2-4,7-11,14H,5-6,12-13,15-16H2,1H3/b20-14-. The number of nitrogens with zero attached hydrogens (tertiary/aromatic N) is 2. The smallest absolute Gasteiger partial charge is 0.294 e. The van der Waals surface area contributed by atoms with Crippen molar-refractivity contribution in [3.05, 3.63) is 64.6 Å². The average Bonchev–Trinajstić information content (AvgIpc) is 3.44. The minimum Gasteiger partial charge on any atom is -0.493 e. The van der Waals surface area contributed by atoms with E-state index in [1.807, 2.05) is 30.3 Å².